The van der Waals surface area contributed by atoms with Crippen LogP contribution in [-0.2, 0) is 14.3 Å². The van der Waals surface area contributed by atoms with Gasteiger partial charge in [0.05, 0.1) is 0 Å². The van der Waals surface area contributed by atoms with Gasteiger partial charge in [-0.1, -0.05) is 114 Å². The fourth-order valence-corrected chi connectivity index (χ4v) is 4.96. The molecule has 0 spiro atoms. The van der Waals surface area contributed by atoms with Gasteiger partial charge in [-0.2, -0.15) is 0 Å². The summed E-state index contributed by atoms with van der Waals surface area (Å²) < 4.78 is 5.84. The summed E-state index contributed by atoms with van der Waals surface area (Å²) >= 11 is 0. The lowest BCUT2D eigenvalue weighted by atomic mass is 10.1. The summed E-state index contributed by atoms with van der Waals surface area (Å²) in [6.45, 7) is 1.90. The van der Waals surface area contributed by atoms with E-state index in [0.717, 1.165) is 51.5 Å². The van der Waals surface area contributed by atoms with Crippen LogP contribution in [0.2, 0.25) is 0 Å². The zero-order valence-corrected chi connectivity index (χ0v) is 25.9. The highest BCUT2D eigenvalue weighted by Gasteiger charge is 1.95. The molecule has 3 nitrogen and oxygen atoms in total. The maximum atomic E-state index is 10.3. The average molecular weight is 547 g/mol. The van der Waals surface area contributed by atoms with Crippen LogP contribution in [0.5, 0.6) is 0 Å². The molecule has 0 aromatic carbocycles. The van der Waals surface area contributed by atoms with E-state index in [2.05, 4.69) is 24.3 Å². The van der Waals surface area contributed by atoms with Gasteiger partial charge in [-0.3, -0.25) is 0 Å². The minimum atomic E-state index is 0.738. The molecule has 3 heteroatoms. The Labute approximate surface area is 244 Å². The van der Waals surface area contributed by atoms with Gasteiger partial charge in [0.15, 0.2) is 0 Å². The van der Waals surface area contributed by atoms with Crippen LogP contribution in [0, 0.1) is 0 Å². The standard InChI is InChI=1S/C36H66O3/c37-33-29-25-21-17-13-9-5-1-3-7-11-15-19-23-27-31-35-39-36-32-28-24-20-16-12-8-4-2-6-10-14-18-22-26-30-34-38/h1-4,33-34H,5-32,35-36H2/b3-1-,4-2-. The number of carbonyl (C=O) groups excluding carboxylic acids is 2. The zero-order chi connectivity index (χ0) is 28.2. The third-order valence-electron chi connectivity index (χ3n) is 7.54. The first-order chi connectivity index (χ1) is 19.4. The van der Waals surface area contributed by atoms with Crippen molar-refractivity contribution >= 4 is 12.6 Å². The van der Waals surface area contributed by atoms with Crippen LogP contribution in [0.3, 0.4) is 0 Å². The molecule has 0 aliphatic rings. The fraction of sp³-hybridized carbons (Fsp3) is 0.833. The summed E-state index contributed by atoms with van der Waals surface area (Å²) in [5, 5.41) is 0. The summed E-state index contributed by atoms with van der Waals surface area (Å²) in [4.78, 5) is 20.5. The van der Waals surface area contributed by atoms with E-state index in [0.29, 0.717) is 0 Å². The van der Waals surface area contributed by atoms with Gasteiger partial charge < -0.3 is 14.3 Å². The van der Waals surface area contributed by atoms with Crippen LogP contribution in [-0.4, -0.2) is 25.8 Å². The molecule has 0 radical (unpaired) electrons. The first-order valence-corrected chi connectivity index (χ1v) is 17.2. The van der Waals surface area contributed by atoms with Gasteiger partial charge in [-0.05, 0) is 77.0 Å². The molecule has 0 rings (SSSR count). The van der Waals surface area contributed by atoms with E-state index in [1.54, 1.807) is 0 Å². The molecule has 0 atom stereocenters. The van der Waals surface area contributed by atoms with Crippen LogP contribution in [0.4, 0.5) is 0 Å². The third kappa shape index (κ3) is 36.8. The molecule has 0 heterocycles. The Morgan fingerprint density at radius 2 is 0.513 bits per heavy atom. The van der Waals surface area contributed by atoms with Crippen molar-refractivity contribution in [3.05, 3.63) is 24.3 Å². The van der Waals surface area contributed by atoms with Gasteiger partial charge in [0, 0.05) is 26.1 Å². The lowest BCUT2D eigenvalue weighted by Gasteiger charge is -2.05. The van der Waals surface area contributed by atoms with Crippen LogP contribution >= 0.6 is 0 Å². The summed E-state index contributed by atoms with van der Waals surface area (Å²) in [5.74, 6) is 0. The molecule has 0 saturated carbocycles. The monoisotopic (exact) mass is 547 g/mol. The van der Waals surface area contributed by atoms with Gasteiger partial charge in [0.25, 0.3) is 0 Å². The van der Waals surface area contributed by atoms with E-state index >= 15 is 0 Å². The number of unbranched alkanes of at least 4 members (excludes halogenated alkanes) is 24. The second-order valence-corrected chi connectivity index (χ2v) is 11.4. The maximum absolute atomic E-state index is 10.3. The molecule has 39 heavy (non-hydrogen) atoms. The van der Waals surface area contributed by atoms with Gasteiger partial charge in [0.2, 0.25) is 0 Å². The third-order valence-corrected chi connectivity index (χ3v) is 7.54. The van der Waals surface area contributed by atoms with Crippen LogP contribution in [0.1, 0.15) is 180 Å². The van der Waals surface area contributed by atoms with E-state index in [1.807, 2.05) is 0 Å². The number of rotatable bonds is 34. The van der Waals surface area contributed by atoms with E-state index < -0.39 is 0 Å². The molecular weight excluding hydrogens is 480 g/mol. The normalized spacial score (nSPS) is 11.7. The molecule has 0 aliphatic carbocycles. The summed E-state index contributed by atoms with van der Waals surface area (Å²) in [6, 6.07) is 0. The molecular formula is C36H66O3. The number of allylic oxidation sites excluding steroid dienone is 4. The molecule has 0 aliphatic heterocycles. The predicted octanol–water partition coefficient (Wildman–Crippen LogP) is 11.4. The number of carbonyl (C=O) groups is 2. The largest absolute Gasteiger partial charge is 0.381 e. The smallest absolute Gasteiger partial charge is 0.119 e. The number of aldehydes is 2. The fourth-order valence-electron chi connectivity index (χ4n) is 4.96. The average Bonchev–Trinajstić information content (AvgIpc) is 2.95. The van der Waals surface area contributed by atoms with Crippen molar-refractivity contribution in [2.24, 2.45) is 0 Å². The highest BCUT2D eigenvalue weighted by atomic mass is 16.5. The Morgan fingerprint density at radius 3 is 0.795 bits per heavy atom. The molecule has 0 aromatic rings. The van der Waals surface area contributed by atoms with E-state index in [9.17, 15) is 9.59 Å². The quantitative estimate of drug-likeness (QED) is 0.0458. The highest BCUT2D eigenvalue weighted by Crippen LogP contribution is 2.12. The number of hydrogen-bond donors (Lipinski definition) is 0. The Hall–Kier alpha value is -1.22. The molecule has 0 aromatic heterocycles. The van der Waals surface area contributed by atoms with Gasteiger partial charge in [-0.15, -0.1) is 0 Å². The van der Waals surface area contributed by atoms with E-state index in [1.165, 1.54) is 154 Å². The first kappa shape index (κ1) is 37.8. The van der Waals surface area contributed by atoms with E-state index in [4.69, 9.17) is 4.74 Å². The maximum Gasteiger partial charge on any atom is 0.119 e. The summed E-state index contributed by atoms with van der Waals surface area (Å²) in [7, 11) is 0. The molecule has 0 saturated heterocycles. The van der Waals surface area contributed by atoms with Gasteiger partial charge >= 0.3 is 0 Å². The van der Waals surface area contributed by atoms with Crippen molar-refractivity contribution in [3.63, 3.8) is 0 Å². The van der Waals surface area contributed by atoms with Crippen molar-refractivity contribution in [1.29, 1.82) is 0 Å². The van der Waals surface area contributed by atoms with Crippen molar-refractivity contribution in [3.8, 4) is 0 Å². The molecule has 0 bridgehead atoms. The van der Waals surface area contributed by atoms with Crippen molar-refractivity contribution in [2.45, 2.75) is 180 Å². The van der Waals surface area contributed by atoms with Crippen molar-refractivity contribution in [1.82, 2.24) is 0 Å². The van der Waals surface area contributed by atoms with Gasteiger partial charge in [0.1, 0.15) is 12.6 Å². The molecule has 228 valence electrons. The lowest BCUT2D eigenvalue weighted by Crippen LogP contribution is -1.97. The van der Waals surface area contributed by atoms with Crippen molar-refractivity contribution in [2.75, 3.05) is 13.2 Å². The minimum Gasteiger partial charge on any atom is -0.381 e. The Morgan fingerprint density at radius 1 is 0.282 bits per heavy atom. The Kier molecular flexibility index (Phi) is 35.6. The minimum absolute atomic E-state index is 0.738. The summed E-state index contributed by atoms with van der Waals surface area (Å²) in [6.07, 6.45) is 46.2. The van der Waals surface area contributed by atoms with Gasteiger partial charge in [-0.25, -0.2) is 0 Å². The number of ether oxygens (including phenoxy) is 1. The lowest BCUT2D eigenvalue weighted by molar-refractivity contribution is -0.108. The van der Waals surface area contributed by atoms with Crippen LogP contribution in [0.25, 0.3) is 0 Å². The second-order valence-electron chi connectivity index (χ2n) is 11.4. The molecule has 0 fully saturated rings. The van der Waals surface area contributed by atoms with Crippen LogP contribution < -0.4 is 0 Å². The van der Waals surface area contributed by atoms with Crippen molar-refractivity contribution < 1.29 is 14.3 Å². The Bertz CT molecular complexity index is 479. The predicted molar refractivity (Wildman–Crippen MR) is 171 cm³/mol. The molecule has 0 N–H and O–H groups in total. The van der Waals surface area contributed by atoms with E-state index in [-0.39, 0.29) is 0 Å². The van der Waals surface area contributed by atoms with Crippen LogP contribution in [0.15, 0.2) is 24.3 Å². The zero-order valence-electron chi connectivity index (χ0n) is 25.9. The SMILES string of the molecule is O=CCCCCCCC/C=C\CCCCCCCCOCCCCCCCC/C=C\CCCCCCCC=O. The second kappa shape index (κ2) is 36.8. The molecule has 0 unspecified atom stereocenters. The number of hydrogen-bond acceptors (Lipinski definition) is 3. The highest BCUT2D eigenvalue weighted by molar-refractivity contribution is 5.49. The first-order valence-electron chi connectivity index (χ1n) is 17.2. The summed E-state index contributed by atoms with van der Waals surface area (Å²) in [5.41, 5.74) is 0. The molecule has 0 amide bonds. The Balaban J connectivity index is 3.11. The topological polar surface area (TPSA) is 43.4 Å².